The Balaban J connectivity index is 1.73. The molecule has 0 saturated carbocycles. The number of likely N-dealkylation sites (tertiary alicyclic amines) is 1. The number of hydrogen-bond acceptors (Lipinski definition) is 3. The van der Waals surface area contributed by atoms with Gasteiger partial charge in [0.05, 0.1) is 0 Å². The third kappa shape index (κ3) is 4.73. The number of rotatable bonds is 6. The van der Waals surface area contributed by atoms with Crippen LogP contribution in [0.3, 0.4) is 0 Å². The highest BCUT2D eigenvalue weighted by Crippen LogP contribution is 2.20. The second-order valence-corrected chi connectivity index (χ2v) is 6.17. The molecule has 0 aromatic heterocycles. The molecule has 1 saturated heterocycles. The van der Waals surface area contributed by atoms with Gasteiger partial charge < -0.3 is 15.0 Å². The highest BCUT2D eigenvalue weighted by Gasteiger charge is 2.20. The highest BCUT2D eigenvalue weighted by molar-refractivity contribution is 5.77. The molecule has 0 bridgehead atoms. The van der Waals surface area contributed by atoms with E-state index in [1.165, 1.54) is 12.0 Å². The lowest BCUT2D eigenvalue weighted by Crippen LogP contribution is -2.46. The van der Waals surface area contributed by atoms with Gasteiger partial charge in [-0.1, -0.05) is 19.1 Å². The van der Waals surface area contributed by atoms with Crippen LogP contribution < -0.4 is 10.1 Å². The Morgan fingerprint density at radius 2 is 2.05 bits per heavy atom. The van der Waals surface area contributed by atoms with Crippen molar-refractivity contribution in [1.82, 2.24) is 10.2 Å². The summed E-state index contributed by atoms with van der Waals surface area (Å²) in [5, 5.41) is 3.10. The number of nitrogens with one attached hydrogen (secondary N) is 1. The first-order valence-electron chi connectivity index (χ1n) is 8.31. The van der Waals surface area contributed by atoms with Gasteiger partial charge in [0.25, 0.3) is 5.91 Å². The second-order valence-electron chi connectivity index (χ2n) is 6.17. The normalized spacial score (nSPS) is 16.5. The van der Waals surface area contributed by atoms with Gasteiger partial charge in [-0.05, 0) is 56.8 Å². The van der Waals surface area contributed by atoms with Gasteiger partial charge in [0.1, 0.15) is 5.75 Å². The molecule has 0 atom stereocenters. The second kappa shape index (κ2) is 8.18. The summed E-state index contributed by atoms with van der Waals surface area (Å²) < 4.78 is 5.66. The molecular formula is C18H28N2O2. The van der Waals surface area contributed by atoms with Gasteiger partial charge in [-0.3, -0.25) is 4.79 Å². The molecule has 4 nitrogen and oxygen atoms in total. The van der Waals surface area contributed by atoms with Crippen LogP contribution in [0.2, 0.25) is 0 Å². The van der Waals surface area contributed by atoms with Crippen molar-refractivity contribution in [2.45, 2.75) is 46.1 Å². The van der Waals surface area contributed by atoms with Crippen molar-refractivity contribution < 1.29 is 9.53 Å². The lowest BCUT2D eigenvalue weighted by atomic mass is 10.0. The fraction of sp³-hybridized carbons (Fsp3) is 0.611. The van der Waals surface area contributed by atoms with Crippen LogP contribution in [-0.4, -0.2) is 43.1 Å². The molecule has 4 heteroatoms. The Bertz CT molecular complexity index is 494. The van der Waals surface area contributed by atoms with Crippen molar-refractivity contribution in [2.24, 2.45) is 0 Å². The molecule has 1 fully saturated rings. The Morgan fingerprint density at radius 1 is 1.32 bits per heavy atom. The zero-order valence-electron chi connectivity index (χ0n) is 14.0. The fourth-order valence-corrected chi connectivity index (χ4v) is 2.91. The summed E-state index contributed by atoms with van der Waals surface area (Å²) >= 11 is 0. The highest BCUT2D eigenvalue weighted by atomic mass is 16.5. The number of ether oxygens (including phenoxy) is 1. The summed E-state index contributed by atoms with van der Waals surface area (Å²) in [5.41, 5.74) is 2.28. The molecule has 0 unspecified atom stereocenters. The van der Waals surface area contributed by atoms with Crippen LogP contribution in [0.25, 0.3) is 0 Å². The molecule has 1 aliphatic heterocycles. The minimum atomic E-state index is -0.0187. The lowest BCUT2D eigenvalue weighted by molar-refractivity contribution is -0.124. The number of piperidine rings is 1. The maximum atomic E-state index is 12.0. The molecule has 0 radical (unpaired) electrons. The molecule has 1 aliphatic rings. The smallest absolute Gasteiger partial charge is 0.258 e. The number of carbonyl (C=O) groups excluding carboxylic acids is 1. The molecule has 22 heavy (non-hydrogen) atoms. The van der Waals surface area contributed by atoms with Crippen LogP contribution in [0.15, 0.2) is 18.2 Å². The fourth-order valence-electron chi connectivity index (χ4n) is 2.91. The quantitative estimate of drug-likeness (QED) is 0.878. The predicted molar refractivity (Wildman–Crippen MR) is 89.3 cm³/mol. The molecule has 1 aromatic carbocycles. The van der Waals surface area contributed by atoms with Crippen molar-refractivity contribution in [2.75, 3.05) is 26.2 Å². The van der Waals surface area contributed by atoms with E-state index in [2.05, 4.69) is 17.1 Å². The van der Waals surface area contributed by atoms with E-state index >= 15 is 0 Å². The van der Waals surface area contributed by atoms with Gasteiger partial charge in [0, 0.05) is 19.1 Å². The molecule has 0 spiro atoms. The van der Waals surface area contributed by atoms with E-state index < -0.39 is 0 Å². The van der Waals surface area contributed by atoms with E-state index in [4.69, 9.17) is 4.74 Å². The molecule has 122 valence electrons. The standard InChI is InChI=1S/C18H28N2O2/c1-4-10-20-11-8-16(9-12-20)19-18(21)13-22-17-7-5-6-14(2)15(17)3/h5-7,16H,4,8-13H2,1-3H3,(H,19,21). The predicted octanol–water partition coefficient (Wildman–Crippen LogP) is 2.67. The van der Waals surface area contributed by atoms with Gasteiger partial charge in [-0.15, -0.1) is 0 Å². The summed E-state index contributed by atoms with van der Waals surface area (Å²) in [4.78, 5) is 14.5. The monoisotopic (exact) mass is 304 g/mol. The Labute approximate surface area is 133 Å². The molecular weight excluding hydrogens is 276 g/mol. The van der Waals surface area contributed by atoms with Crippen LogP contribution >= 0.6 is 0 Å². The number of amides is 1. The third-order valence-corrected chi connectivity index (χ3v) is 4.41. The zero-order chi connectivity index (χ0) is 15.9. The minimum absolute atomic E-state index is 0.0187. The first-order chi connectivity index (χ1) is 10.6. The van der Waals surface area contributed by atoms with E-state index in [1.54, 1.807) is 0 Å². The molecule has 1 heterocycles. The van der Waals surface area contributed by atoms with Gasteiger partial charge in [0.15, 0.2) is 6.61 Å². The maximum absolute atomic E-state index is 12.0. The number of carbonyl (C=O) groups is 1. The molecule has 1 aromatic rings. The lowest BCUT2D eigenvalue weighted by Gasteiger charge is -2.32. The average molecular weight is 304 g/mol. The molecule has 0 aliphatic carbocycles. The van der Waals surface area contributed by atoms with E-state index in [-0.39, 0.29) is 12.5 Å². The first-order valence-corrected chi connectivity index (χ1v) is 8.31. The van der Waals surface area contributed by atoms with Crippen molar-refractivity contribution >= 4 is 5.91 Å². The zero-order valence-corrected chi connectivity index (χ0v) is 14.0. The van der Waals surface area contributed by atoms with Gasteiger partial charge in [0.2, 0.25) is 0 Å². The summed E-state index contributed by atoms with van der Waals surface area (Å²) in [6, 6.07) is 6.22. The van der Waals surface area contributed by atoms with E-state index in [9.17, 15) is 4.79 Å². The Hall–Kier alpha value is -1.55. The topological polar surface area (TPSA) is 41.6 Å². The Morgan fingerprint density at radius 3 is 2.73 bits per heavy atom. The molecule has 1 N–H and O–H groups in total. The van der Waals surface area contributed by atoms with E-state index in [0.29, 0.717) is 6.04 Å². The largest absolute Gasteiger partial charge is 0.483 e. The van der Waals surface area contributed by atoms with Crippen LogP contribution in [0, 0.1) is 13.8 Å². The minimum Gasteiger partial charge on any atom is -0.483 e. The number of benzene rings is 1. The van der Waals surface area contributed by atoms with Crippen molar-refractivity contribution in [3.63, 3.8) is 0 Å². The van der Waals surface area contributed by atoms with Gasteiger partial charge in [-0.2, -0.15) is 0 Å². The van der Waals surface area contributed by atoms with Crippen LogP contribution in [-0.2, 0) is 4.79 Å². The van der Waals surface area contributed by atoms with Crippen LogP contribution in [0.4, 0.5) is 0 Å². The summed E-state index contributed by atoms with van der Waals surface area (Å²) in [6.07, 6.45) is 3.27. The molecule has 2 rings (SSSR count). The Kier molecular flexibility index (Phi) is 6.25. The van der Waals surface area contributed by atoms with E-state index in [0.717, 1.165) is 43.8 Å². The summed E-state index contributed by atoms with van der Waals surface area (Å²) in [5.74, 6) is 0.780. The average Bonchev–Trinajstić information content (AvgIpc) is 2.51. The van der Waals surface area contributed by atoms with Crippen molar-refractivity contribution in [1.29, 1.82) is 0 Å². The van der Waals surface area contributed by atoms with E-state index in [1.807, 2.05) is 32.0 Å². The van der Waals surface area contributed by atoms with Crippen LogP contribution in [0.1, 0.15) is 37.3 Å². The number of aryl methyl sites for hydroxylation is 1. The first kappa shape index (κ1) is 16.8. The van der Waals surface area contributed by atoms with Gasteiger partial charge >= 0.3 is 0 Å². The van der Waals surface area contributed by atoms with Crippen molar-refractivity contribution in [3.05, 3.63) is 29.3 Å². The van der Waals surface area contributed by atoms with Crippen molar-refractivity contribution in [3.8, 4) is 5.75 Å². The number of nitrogens with zero attached hydrogens (tertiary/aromatic N) is 1. The third-order valence-electron chi connectivity index (χ3n) is 4.41. The maximum Gasteiger partial charge on any atom is 0.258 e. The SMILES string of the molecule is CCCN1CCC(NC(=O)COc2cccc(C)c2C)CC1. The van der Waals surface area contributed by atoms with Crippen LogP contribution in [0.5, 0.6) is 5.75 Å². The molecule has 1 amide bonds. The summed E-state index contributed by atoms with van der Waals surface area (Å²) in [6.45, 7) is 9.69. The summed E-state index contributed by atoms with van der Waals surface area (Å²) in [7, 11) is 0. The number of hydrogen-bond donors (Lipinski definition) is 1. The van der Waals surface area contributed by atoms with Gasteiger partial charge in [-0.25, -0.2) is 0 Å².